The zero-order chi connectivity index (χ0) is 11.6. The topological polar surface area (TPSA) is 35.2 Å². The normalized spacial score (nSPS) is 12.7. The van der Waals surface area contributed by atoms with E-state index >= 15 is 0 Å². The maximum absolute atomic E-state index is 5.95. The second-order valence-corrected chi connectivity index (χ2v) is 4.14. The third-order valence-electron chi connectivity index (χ3n) is 2.84. The van der Waals surface area contributed by atoms with Crippen molar-refractivity contribution in [3.63, 3.8) is 0 Å². The summed E-state index contributed by atoms with van der Waals surface area (Å²) >= 11 is 5.78. The van der Waals surface area contributed by atoms with Crippen LogP contribution in [0.2, 0.25) is 0 Å². The number of ether oxygens (including phenoxy) is 1. The molecule has 1 rings (SSSR count). The van der Waals surface area contributed by atoms with E-state index in [1.165, 1.54) is 5.56 Å². The first kappa shape index (κ1) is 12.3. The highest BCUT2D eigenvalue weighted by atomic mass is 35.5. The largest absolute Gasteiger partial charge is 0.496 e. The summed E-state index contributed by atoms with van der Waals surface area (Å²) in [5.74, 6) is 1.38. The van der Waals surface area contributed by atoms with E-state index in [-0.39, 0.29) is 6.04 Å². The Morgan fingerprint density at radius 2 is 1.93 bits per heavy atom. The van der Waals surface area contributed by atoms with Crippen molar-refractivity contribution in [2.75, 3.05) is 13.0 Å². The molecule has 0 saturated carbocycles. The predicted molar refractivity (Wildman–Crippen MR) is 64.9 cm³/mol. The van der Waals surface area contributed by atoms with Crippen LogP contribution in [0, 0.1) is 20.8 Å². The summed E-state index contributed by atoms with van der Waals surface area (Å²) in [4.78, 5) is 0. The summed E-state index contributed by atoms with van der Waals surface area (Å²) < 4.78 is 5.35. The molecule has 0 aromatic heterocycles. The highest BCUT2D eigenvalue weighted by Crippen LogP contribution is 2.31. The lowest BCUT2D eigenvalue weighted by atomic mass is 9.95. The molecule has 0 aliphatic carbocycles. The van der Waals surface area contributed by atoms with Gasteiger partial charge in [0.2, 0.25) is 0 Å². The summed E-state index contributed by atoms with van der Waals surface area (Å²) in [6, 6.07) is 1.96. The molecule has 15 heavy (non-hydrogen) atoms. The van der Waals surface area contributed by atoms with Crippen LogP contribution in [0.1, 0.15) is 28.3 Å². The highest BCUT2D eigenvalue weighted by Gasteiger charge is 2.14. The van der Waals surface area contributed by atoms with E-state index in [4.69, 9.17) is 22.1 Å². The van der Waals surface area contributed by atoms with Crippen LogP contribution in [0.3, 0.4) is 0 Å². The average molecular weight is 228 g/mol. The lowest BCUT2D eigenvalue weighted by Gasteiger charge is -2.18. The van der Waals surface area contributed by atoms with Crippen LogP contribution in [-0.2, 0) is 0 Å². The van der Waals surface area contributed by atoms with Gasteiger partial charge in [0.05, 0.1) is 7.11 Å². The molecule has 3 heteroatoms. The average Bonchev–Trinajstić information content (AvgIpc) is 2.23. The van der Waals surface area contributed by atoms with Gasteiger partial charge in [0.1, 0.15) is 5.75 Å². The first-order valence-electron chi connectivity index (χ1n) is 4.99. The van der Waals surface area contributed by atoms with Gasteiger partial charge in [-0.25, -0.2) is 0 Å². The molecule has 0 spiro atoms. The monoisotopic (exact) mass is 227 g/mol. The molecule has 0 heterocycles. The van der Waals surface area contributed by atoms with Crippen molar-refractivity contribution in [1.82, 2.24) is 0 Å². The Labute approximate surface area is 96.4 Å². The summed E-state index contributed by atoms with van der Waals surface area (Å²) in [7, 11) is 1.69. The number of hydrogen-bond acceptors (Lipinski definition) is 2. The molecular weight excluding hydrogens is 210 g/mol. The number of halogens is 1. The Morgan fingerprint density at radius 3 is 2.40 bits per heavy atom. The second-order valence-electron chi connectivity index (χ2n) is 3.83. The Balaban J connectivity index is 3.33. The Morgan fingerprint density at radius 1 is 1.33 bits per heavy atom. The van der Waals surface area contributed by atoms with E-state index in [9.17, 15) is 0 Å². The van der Waals surface area contributed by atoms with Gasteiger partial charge in [-0.2, -0.15) is 0 Å². The third kappa shape index (κ3) is 2.27. The van der Waals surface area contributed by atoms with E-state index < -0.39 is 0 Å². The molecule has 1 unspecified atom stereocenters. The number of alkyl halides is 1. The van der Waals surface area contributed by atoms with Gasteiger partial charge in [0, 0.05) is 11.9 Å². The minimum absolute atomic E-state index is 0.102. The molecule has 0 fully saturated rings. The Bertz CT molecular complexity index is 363. The zero-order valence-electron chi connectivity index (χ0n) is 9.73. The highest BCUT2D eigenvalue weighted by molar-refractivity contribution is 6.18. The third-order valence-corrected chi connectivity index (χ3v) is 3.17. The van der Waals surface area contributed by atoms with Gasteiger partial charge in [0.15, 0.2) is 0 Å². The molecule has 0 amide bonds. The van der Waals surface area contributed by atoms with Gasteiger partial charge >= 0.3 is 0 Å². The van der Waals surface area contributed by atoms with Crippen LogP contribution in [0.5, 0.6) is 5.75 Å². The standard InChI is InChI=1S/C12H18ClNO/c1-7-5-10(11(14)6-13)8(2)9(3)12(7)15-4/h5,11H,6,14H2,1-4H3. The fourth-order valence-corrected chi connectivity index (χ4v) is 2.04. The van der Waals surface area contributed by atoms with Gasteiger partial charge in [-0.05, 0) is 43.0 Å². The van der Waals surface area contributed by atoms with E-state index in [0.29, 0.717) is 5.88 Å². The van der Waals surface area contributed by atoms with Crippen LogP contribution < -0.4 is 10.5 Å². The van der Waals surface area contributed by atoms with Crippen molar-refractivity contribution < 1.29 is 4.74 Å². The van der Waals surface area contributed by atoms with Crippen molar-refractivity contribution in [3.8, 4) is 5.75 Å². The van der Waals surface area contributed by atoms with Crippen molar-refractivity contribution in [3.05, 3.63) is 28.3 Å². The number of methoxy groups -OCH3 is 1. The molecule has 0 bridgehead atoms. The maximum Gasteiger partial charge on any atom is 0.124 e. The number of rotatable bonds is 3. The molecule has 1 aromatic carbocycles. The maximum atomic E-state index is 5.95. The smallest absolute Gasteiger partial charge is 0.124 e. The Kier molecular flexibility index (Phi) is 4.00. The minimum Gasteiger partial charge on any atom is -0.496 e. The summed E-state index contributed by atoms with van der Waals surface area (Å²) in [5.41, 5.74) is 10.5. The lowest BCUT2D eigenvalue weighted by Crippen LogP contribution is -2.14. The molecule has 84 valence electrons. The quantitative estimate of drug-likeness (QED) is 0.806. The number of benzene rings is 1. The number of hydrogen-bond donors (Lipinski definition) is 1. The lowest BCUT2D eigenvalue weighted by molar-refractivity contribution is 0.408. The van der Waals surface area contributed by atoms with Gasteiger partial charge in [-0.3, -0.25) is 0 Å². The summed E-state index contributed by atoms with van der Waals surface area (Å²) in [5, 5.41) is 0. The molecule has 0 saturated heterocycles. The van der Waals surface area contributed by atoms with Crippen LogP contribution in [0.15, 0.2) is 6.07 Å². The Hall–Kier alpha value is -0.730. The second kappa shape index (κ2) is 4.86. The molecule has 1 aromatic rings. The molecule has 0 aliphatic heterocycles. The van der Waals surface area contributed by atoms with Crippen LogP contribution >= 0.6 is 11.6 Å². The van der Waals surface area contributed by atoms with E-state index in [1.807, 2.05) is 13.8 Å². The molecule has 2 N–H and O–H groups in total. The van der Waals surface area contributed by atoms with Crippen molar-refractivity contribution in [1.29, 1.82) is 0 Å². The SMILES string of the molecule is COc1c(C)cc(C(N)CCl)c(C)c1C. The number of nitrogens with two attached hydrogens (primary N) is 1. The minimum atomic E-state index is -0.102. The van der Waals surface area contributed by atoms with E-state index in [2.05, 4.69) is 13.0 Å². The van der Waals surface area contributed by atoms with Crippen LogP contribution in [0.4, 0.5) is 0 Å². The van der Waals surface area contributed by atoms with Gasteiger partial charge in [0.25, 0.3) is 0 Å². The van der Waals surface area contributed by atoms with Gasteiger partial charge in [-0.1, -0.05) is 6.07 Å². The first-order chi connectivity index (χ1) is 7.02. The van der Waals surface area contributed by atoms with Crippen molar-refractivity contribution in [2.45, 2.75) is 26.8 Å². The first-order valence-corrected chi connectivity index (χ1v) is 5.52. The van der Waals surface area contributed by atoms with E-state index in [1.54, 1.807) is 7.11 Å². The fourth-order valence-electron chi connectivity index (χ4n) is 1.87. The summed E-state index contributed by atoms with van der Waals surface area (Å²) in [6.07, 6.45) is 0. The van der Waals surface area contributed by atoms with Crippen molar-refractivity contribution >= 4 is 11.6 Å². The van der Waals surface area contributed by atoms with Gasteiger partial charge in [-0.15, -0.1) is 11.6 Å². The fraction of sp³-hybridized carbons (Fsp3) is 0.500. The molecule has 0 radical (unpaired) electrons. The zero-order valence-corrected chi connectivity index (χ0v) is 10.5. The van der Waals surface area contributed by atoms with Crippen LogP contribution in [-0.4, -0.2) is 13.0 Å². The van der Waals surface area contributed by atoms with Crippen LogP contribution in [0.25, 0.3) is 0 Å². The molecule has 0 aliphatic rings. The molecule has 2 nitrogen and oxygen atoms in total. The molecule has 1 atom stereocenters. The van der Waals surface area contributed by atoms with E-state index in [0.717, 1.165) is 22.4 Å². The predicted octanol–water partition coefficient (Wildman–Crippen LogP) is 2.86. The van der Waals surface area contributed by atoms with Crippen molar-refractivity contribution in [2.24, 2.45) is 5.73 Å². The number of aryl methyl sites for hydroxylation is 1. The molecular formula is C12H18ClNO. The summed E-state index contributed by atoms with van der Waals surface area (Å²) in [6.45, 7) is 6.13. The van der Waals surface area contributed by atoms with Gasteiger partial charge < -0.3 is 10.5 Å².